The highest BCUT2D eigenvalue weighted by Gasteiger charge is 2.41. The lowest BCUT2D eigenvalue weighted by atomic mass is 9.64. The van der Waals surface area contributed by atoms with E-state index < -0.39 is 0 Å². The topological polar surface area (TPSA) is 17.8 Å². The molecular formula is C16H18N2. The summed E-state index contributed by atoms with van der Waals surface area (Å²) in [6, 6.07) is 9.03. The minimum atomic E-state index is 0.254. The summed E-state index contributed by atoms with van der Waals surface area (Å²) < 4.78 is 2.37. The van der Waals surface area contributed by atoms with Gasteiger partial charge < -0.3 is 4.57 Å². The Morgan fingerprint density at radius 1 is 1.11 bits per heavy atom. The Morgan fingerprint density at radius 2 is 2.00 bits per heavy atom. The normalized spacial score (nSPS) is 25.8. The van der Waals surface area contributed by atoms with E-state index in [1.165, 1.54) is 37.8 Å². The molecule has 0 saturated heterocycles. The SMILES string of the molecule is c1ccc2c(c1)CCCC21CCCn2cncc21. The van der Waals surface area contributed by atoms with Crippen molar-refractivity contribution >= 4 is 0 Å². The molecule has 92 valence electrons. The van der Waals surface area contributed by atoms with Gasteiger partial charge in [-0.2, -0.15) is 0 Å². The molecule has 1 aliphatic heterocycles. The molecule has 0 amide bonds. The van der Waals surface area contributed by atoms with Crippen molar-refractivity contribution in [3.8, 4) is 0 Å². The number of hydrogen-bond acceptors (Lipinski definition) is 1. The van der Waals surface area contributed by atoms with Crippen molar-refractivity contribution in [3.05, 3.63) is 53.6 Å². The smallest absolute Gasteiger partial charge is 0.0948 e. The van der Waals surface area contributed by atoms with Gasteiger partial charge in [0.25, 0.3) is 0 Å². The quantitative estimate of drug-likeness (QED) is 0.688. The summed E-state index contributed by atoms with van der Waals surface area (Å²) in [5.41, 5.74) is 4.82. The third-order valence-electron chi connectivity index (χ3n) is 4.79. The second kappa shape index (κ2) is 3.71. The standard InChI is InChI=1S/C16H18N2/c1-2-7-14-13(5-1)6-3-8-16(14)9-4-10-18-12-17-11-15(16)18/h1-2,5,7,11-12H,3-4,6,8-10H2. The second-order valence-corrected chi connectivity index (χ2v) is 5.67. The number of benzene rings is 1. The van der Waals surface area contributed by atoms with E-state index >= 15 is 0 Å². The van der Waals surface area contributed by atoms with Crippen LogP contribution in [0.5, 0.6) is 0 Å². The Morgan fingerprint density at radius 3 is 3.00 bits per heavy atom. The first-order valence-corrected chi connectivity index (χ1v) is 6.99. The van der Waals surface area contributed by atoms with Crippen molar-refractivity contribution < 1.29 is 0 Å². The summed E-state index contributed by atoms with van der Waals surface area (Å²) in [4.78, 5) is 4.39. The van der Waals surface area contributed by atoms with Crippen LogP contribution in [0.25, 0.3) is 0 Å². The number of fused-ring (bicyclic) bond motifs is 4. The van der Waals surface area contributed by atoms with Gasteiger partial charge in [0.1, 0.15) is 0 Å². The van der Waals surface area contributed by atoms with Crippen molar-refractivity contribution in [1.29, 1.82) is 0 Å². The Labute approximate surface area is 108 Å². The van der Waals surface area contributed by atoms with Crippen LogP contribution in [-0.2, 0) is 18.4 Å². The molecule has 0 bridgehead atoms. The fourth-order valence-corrected chi connectivity index (χ4v) is 4.02. The summed E-state index contributed by atoms with van der Waals surface area (Å²) in [6.45, 7) is 1.14. The molecule has 0 radical (unpaired) electrons. The molecule has 2 heteroatoms. The predicted molar refractivity (Wildman–Crippen MR) is 71.6 cm³/mol. The number of rotatable bonds is 0. The Hall–Kier alpha value is -1.57. The molecule has 0 N–H and O–H groups in total. The van der Waals surface area contributed by atoms with Gasteiger partial charge in [-0.15, -0.1) is 0 Å². The fraction of sp³-hybridized carbons (Fsp3) is 0.438. The molecule has 4 rings (SSSR count). The van der Waals surface area contributed by atoms with E-state index in [0.29, 0.717) is 0 Å². The molecule has 18 heavy (non-hydrogen) atoms. The maximum absolute atomic E-state index is 4.39. The van der Waals surface area contributed by atoms with Gasteiger partial charge in [-0.05, 0) is 43.2 Å². The zero-order valence-electron chi connectivity index (χ0n) is 10.6. The molecule has 2 aliphatic rings. The summed E-state index contributed by atoms with van der Waals surface area (Å²) >= 11 is 0. The van der Waals surface area contributed by atoms with Crippen molar-refractivity contribution in [1.82, 2.24) is 9.55 Å². The Kier molecular flexibility index (Phi) is 2.14. The molecule has 0 saturated carbocycles. The Balaban J connectivity index is 1.97. The molecule has 2 heterocycles. The lowest BCUT2D eigenvalue weighted by Gasteiger charge is -2.42. The fourth-order valence-electron chi connectivity index (χ4n) is 4.02. The average Bonchev–Trinajstić information content (AvgIpc) is 2.89. The van der Waals surface area contributed by atoms with Crippen LogP contribution in [0.1, 0.15) is 42.5 Å². The van der Waals surface area contributed by atoms with Gasteiger partial charge in [-0.25, -0.2) is 4.98 Å². The molecule has 2 nitrogen and oxygen atoms in total. The van der Waals surface area contributed by atoms with Crippen LogP contribution >= 0.6 is 0 Å². The minimum Gasteiger partial charge on any atom is -0.334 e. The summed E-state index contributed by atoms with van der Waals surface area (Å²) in [7, 11) is 0. The van der Waals surface area contributed by atoms with Crippen molar-refractivity contribution in [2.24, 2.45) is 0 Å². The van der Waals surface area contributed by atoms with E-state index in [1.54, 1.807) is 11.1 Å². The summed E-state index contributed by atoms with van der Waals surface area (Å²) in [5.74, 6) is 0. The van der Waals surface area contributed by atoms with Gasteiger partial charge in [0.2, 0.25) is 0 Å². The maximum atomic E-state index is 4.39. The van der Waals surface area contributed by atoms with Crippen LogP contribution in [-0.4, -0.2) is 9.55 Å². The number of hydrogen-bond donors (Lipinski definition) is 0. The summed E-state index contributed by atoms with van der Waals surface area (Å²) in [6.07, 6.45) is 10.5. The number of aromatic nitrogens is 2. The first kappa shape index (κ1) is 10.4. The van der Waals surface area contributed by atoms with Crippen LogP contribution in [0.15, 0.2) is 36.8 Å². The molecule has 1 unspecified atom stereocenters. The molecule has 1 atom stereocenters. The zero-order valence-corrected chi connectivity index (χ0v) is 10.6. The van der Waals surface area contributed by atoms with Gasteiger partial charge in [-0.1, -0.05) is 24.3 Å². The van der Waals surface area contributed by atoms with Crippen LogP contribution in [0.3, 0.4) is 0 Å². The lowest BCUT2D eigenvalue weighted by Crippen LogP contribution is -2.37. The third-order valence-corrected chi connectivity index (χ3v) is 4.79. The van der Waals surface area contributed by atoms with Gasteiger partial charge >= 0.3 is 0 Å². The zero-order chi connectivity index (χ0) is 12.0. The second-order valence-electron chi connectivity index (χ2n) is 5.67. The highest BCUT2D eigenvalue weighted by Crippen LogP contribution is 2.47. The molecule has 2 aromatic rings. The molecule has 1 aromatic heterocycles. The van der Waals surface area contributed by atoms with Gasteiger partial charge in [0.05, 0.1) is 6.33 Å². The summed E-state index contributed by atoms with van der Waals surface area (Å²) in [5, 5.41) is 0. The molecule has 1 aromatic carbocycles. The largest absolute Gasteiger partial charge is 0.334 e. The van der Waals surface area contributed by atoms with E-state index in [0.717, 1.165) is 6.54 Å². The van der Waals surface area contributed by atoms with Crippen molar-refractivity contribution in [2.75, 3.05) is 0 Å². The number of imidazole rings is 1. The highest BCUT2D eigenvalue weighted by molar-refractivity contribution is 5.43. The van der Waals surface area contributed by atoms with Crippen LogP contribution in [0.2, 0.25) is 0 Å². The molecule has 1 aliphatic carbocycles. The van der Waals surface area contributed by atoms with Crippen LogP contribution < -0.4 is 0 Å². The van der Waals surface area contributed by atoms with Crippen molar-refractivity contribution in [3.63, 3.8) is 0 Å². The van der Waals surface area contributed by atoms with E-state index in [-0.39, 0.29) is 5.41 Å². The highest BCUT2D eigenvalue weighted by atomic mass is 15.1. The lowest BCUT2D eigenvalue weighted by molar-refractivity contribution is 0.320. The van der Waals surface area contributed by atoms with Crippen molar-refractivity contribution in [2.45, 2.75) is 44.1 Å². The molecular weight excluding hydrogens is 220 g/mol. The minimum absolute atomic E-state index is 0.254. The first-order chi connectivity index (χ1) is 8.90. The number of nitrogens with zero attached hydrogens (tertiary/aromatic N) is 2. The number of aryl methyl sites for hydroxylation is 2. The van der Waals surface area contributed by atoms with E-state index in [4.69, 9.17) is 0 Å². The van der Waals surface area contributed by atoms with E-state index in [9.17, 15) is 0 Å². The average molecular weight is 238 g/mol. The predicted octanol–water partition coefficient (Wildman–Crippen LogP) is 3.30. The van der Waals surface area contributed by atoms with Crippen LogP contribution in [0, 0.1) is 0 Å². The van der Waals surface area contributed by atoms with Gasteiger partial charge in [-0.3, -0.25) is 0 Å². The van der Waals surface area contributed by atoms with Gasteiger partial charge in [0, 0.05) is 23.9 Å². The monoisotopic (exact) mass is 238 g/mol. The van der Waals surface area contributed by atoms with E-state index in [2.05, 4.69) is 40.0 Å². The molecule has 0 fully saturated rings. The Bertz CT molecular complexity index is 580. The first-order valence-electron chi connectivity index (χ1n) is 6.99. The third kappa shape index (κ3) is 1.26. The maximum Gasteiger partial charge on any atom is 0.0948 e. The molecule has 1 spiro atoms. The van der Waals surface area contributed by atoms with Gasteiger partial charge in [0.15, 0.2) is 0 Å². The van der Waals surface area contributed by atoms with Crippen LogP contribution in [0.4, 0.5) is 0 Å². The van der Waals surface area contributed by atoms with E-state index in [1.807, 2.05) is 6.33 Å².